The van der Waals surface area contributed by atoms with Crippen molar-refractivity contribution in [1.29, 1.82) is 0 Å². The van der Waals surface area contributed by atoms with Gasteiger partial charge >= 0.3 is 0 Å². The van der Waals surface area contributed by atoms with Gasteiger partial charge in [-0.15, -0.1) is 10.2 Å². The Morgan fingerprint density at radius 3 is 2.35 bits per heavy atom. The minimum absolute atomic E-state index is 0.661. The molecule has 0 fully saturated rings. The molecule has 3 aromatic heterocycles. The van der Waals surface area contributed by atoms with Gasteiger partial charge in [0, 0.05) is 37.7 Å². The summed E-state index contributed by atoms with van der Waals surface area (Å²) in [6.45, 7) is 4.00. The Balaban J connectivity index is 1.82. The van der Waals surface area contributed by atoms with Gasteiger partial charge in [0.15, 0.2) is 5.65 Å². The molecule has 0 aliphatic heterocycles. The quantitative estimate of drug-likeness (QED) is 0.565. The van der Waals surface area contributed by atoms with E-state index in [2.05, 4.69) is 55.6 Å². The highest BCUT2D eigenvalue weighted by atomic mass is 15.4. The van der Waals surface area contributed by atoms with Crippen LogP contribution in [0.4, 0.5) is 5.69 Å². The first kappa shape index (κ1) is 16.3. The summed E-state index contributed by atoms with van der Waals surface area (Å²) in [4.78, 5) is 2.08. The lowest BCUT2D eigenvalue weighted by atomic mass is 10.1. The fourth-order valence-electron chi connectivity index (χ4n) is 2.94. The molecule has 7 nitrogen and oxygen atoms in total. The molecule has 1 aromatic carbocycles. The minimum atomic E-state index is 0.661. The SMILES string of the molecule is Cc1nn2c(-c3cc(C)n(C)n3)nnc2c1=Cc1ccc(N(C)C)cc1. The second-order valence-electron chi connectivity index (χ2n) is 6.68. The molecule has 0 N–H and O–H groups in total. The molecule has 0 bridgehead atoms. The maximum absolute atomic E-state index is 4.63. The smallest absolute Gasteiger partial charge is 0.205 e. The van der Waals surface area contributed by atoms with Crippen LogP contribution in [0, 0.1) is 13.8 Å². The molecule has 0 spiro atoms. The van der Waals surface area contributed by atoms with E-state index in [1.165, 1.54) is 5.69 Å². The first-order chi connectivity index (χ1) is 12.4. The molecule has 4 aromatic rings. The van der Waals surface area contributed by atoms with E-state index in [-0.39, 0.29) is 0 Å². The molecule has 0 saturated carbocycles. The second kappa shape index (κ2) is 5.94. The number of anilines is 1. The Kier molecular flexibility index (Phi) is 3.72. The van der Waals surface area contributed by atoms with Crippen molar-refractivity contribution >= 4 is 17.4 Å². The van der Waals surface area contributed by atoms with Crippen LogP contribution in [0.1, 0.15) is 17.0 Å². The highest BCUT2D eigenvalue weighted by Crippen LogP contribution is 2.17. The van der Waals surface area contributed by atoms with E-state index in [9.17, 15) is 0 Å². The number of aryl methyl sites for hydroxylation is 3. The van der Waals surface area contributed by atoms with Gasteiger partial charge in [0.2, 0.25) is 5.82 Å². The average Bonchev–Trinajstić information content (AvgIpc) is 3.24. The van der Waals surface area contributed by atoms with E-state index in [0.717, 1.165) is 33.5 Å². The molecule has 0 unspecified atom stereocenters. The number of aromatic nitrogens is 6. The molecule has 132 valence electrons. The van der Waals surface area contributed by atoms with Crippen molar-refractivity contribution < 1.29 is 0 Å². The Hall–Kier alpha value is -3.22. The van der Waals surface area contributed by atoms with Gasteiger partial charge in [-0.3, -0.25) is 4.68 Å². The van der Waals surface area contributed by atoms with E-state index in [0.29, 0.717) is 5.82 Å². The normalized spacial score (nSPS) is 12.3. The van der Waals surface area contributed by atoms with Crippen LogP contribution in [-0.2, 0) is 7.05 Å². The Morgan fingerprint density at radius 2 is 1.73 bits per heavy atom. The highest BCUT2D eigenvalue weighted by molar-refractivity contribution is 5.63. The van der Waals surface area contributed by atoms with Crippen molar-refractivity contribution in [2.45, 2.75) is 13.8 Å². The highest BCUT2D eigenvalue weighted by Gasteiger charge is 2.16. The molecule has 0 aliphatic rings. The van der Waals surface area contributed by atoms with Gasteiger partial charge in [-0.2, -0.15) is 14.7 Å². The molecule has 0 atom stereocenters. The van der Waals surface area contributed by atoms with Gasteiger partial charge in [-0.05, 0) is 43.7 Å². The Bertz CT molecular complexity index is 1110. The number of hydrogen-bond acceptors (Lipinski definition) is 5. The van der Waals surface area contributed by atoms with Crippen molar-refractivity contribution in [3.8, 4) is 11.5 Å². The lowest BCUT2D eigenvalue weighted by Gasteiger charge is -2.11. The van der Waals surface area contributed by atoms with Gasteiger partial charge in [-0.1, -0.05) is 12.1 Å². The minimum Gasteiger partial charge on any atom is -0.378 e. The summed E-state index contributed by atoms with van der Waals surface area (Å²) in [6, 6.07) is 10.4. The van der Waals surface area contributed by atoms with E-state index >= 15 is 0 Å². The molecule has 7 heteroatoms. The van der Waals surface area contributed by atoms with Crippen LogP contribution in [-0.4, -0.2) is 43.7 Å². The molecule has 0 saturated heterocycles. The average molecular weight is 347 g/mol. The number of rotatable bonds is 3. The van der Waals surface area contributed by atoms with Crippen LogP contribution in [0.15, 0.2) is 30.3 Å². The van der Waals surface area contributed by atoms with Crippen LogP contribution >= 0.6 is 0 Å². The maximum Gasteiger partial charge on any atom is 0.205 e. The molecular weight excluding hydrogens is 326 g/mol. The van der Waals surface area contributed by atoms with E-state index in [4.69, 9.17) is 0 Å². The standard InChI is InChI=1S/C19H21N7/c1-12-10-17(23-25(12)5)19-21-20-18-16(13(2)22-26(18)19)11-14-6-8-15(9-7-14)24(3)4/h6-11H,1-5H3. The maximum atomic E-state index is 4.63. The molecule has 26 heavy (non-hydrogen) atoms. The van der Waals surface area contributed by atoms with Crippen LogP contribution < -0.4 is 10.1 Å². The summed E-state index contributed by atoms with van der Waals surface area (Å²) < 4.78 is 3.60. The van der Waals surface area contributed by atoms with Crippen LogP contribution in [0.2, 0.25) is 0 Å². The lowest BCUT2D eigenvalue weighted by molar-refractivity contribution is 0.739. The van der Waals surface area contributed by atoms with E-state index < -0.39 is 0 Å². The largest absolute Gasteiger partial charge is 0.378 e. The summed E-state index contributed by atoms with van der Waals surface area (Å²) >= 11 is 0. The zero-order chi connectivity index (χ0) is 18.4. The van der Waals surface area contributed by atoms with Crippen LogP contribution in [0.3, 0.4) is 0 Å². The zero-order valence-electron chi connectivity index (χ0n) is 15.6. The molecule has 4 rings (SSSR count). The summed E-state index contributed by atoms with van der Waals surface area (Å²) in [6.07, 6.45) is 2.10. The fourth-order valence-corrected chi connectivity index (χ4v) is 2.94. The Morgan fingerprint density at radius 1 is 1.00 bits per heavy atom. The molecule has 3 heterocycles. The van der Waals surface area contributed by atoms with Gasteiger partial charge in [0.05, 0.1) is 5.69 Å². The van der Waals surface area contributed by atoms with E-state index in [1.807, 2.05) is 45.7 Å². The predicted octanol–water partition coefficient (Wildman–Crippen LogP) is 1.76. The number of hydrogen-bond donors (Lipinski definition) is 0. The van der Waals surface area contributed by atoms with Crippen molar-refractivity contribution in [1.82, 2.24) is 29.6 Å². The summed E-state index contributed by atoms with van der Waals surface area (Å²) in [5.41, 5.74) is 5.77. The van der Waals surface area contributed by atoms with Crippen LogP contribution in [0.25, 0.3) is 23.2 Å². The van der Waals surface area contributed by atoms with Crippen molar-refractivity contribution in [3.05, 3.63) is 52.5 Å². The number of fused-ring (bicyclic) bond motifs is 1. The van der Waals surface area contributed by atoms with Crippen molar-refractivity contribution in [2.75, 3.05) is 19.0 Å². The van der Waals surface area contributed by atoms with Gasteiger partial charge in [-0.25, -0.2) is 0 Å². The monoisotopic (exact) mass is 347 g/mol. The third kappa shape index (κ3) is 2.61. The number of benzene rings is 1. The van der Waals surface area contributed by atoms with Crippen molar-refractivity contribution in [3.63, 3.8) is 0 Å². The molecule has 0 amide bonds. The van der Waals surface area contributed by atoms with Gasteiger partial charge in [0.1, 0.15) is 5.69 Å². The van der Waals surface area contributed by atoms with E-state index in [1.54, 1.807) is 4.52 Å². The van der Waals surface area contributed by atoms with Gasteiger partial charge in [0.25, 0.3) is 0 Å². The first-order valence-electron chi connectivity index (χ1n) is 8.46. The lowest BCUT2D eigenvalue weighted by Crippen LogP contribution is -2.08. The first-order valence-corrected chi connectivity index (χ1v) is 8.46. The second-order valence-corrected chi connectivity index (χ2v) is 6.68. The summed E-state index contributed by atoms with van der Waals surface area (Å²) in [7, 11) is 5.98. The molecule has 0 radical (unpaired) electrons. The molecule has 0 aliphatic carbocycles. The zero-order valence-corrected chi connectivity index (χ0v) is 15.6. The predicted molar refractivity (Wildman–Crippen MR) is 102 cm³/mol. The van der Waals surface area contributed by atoms with Crippen LogP contribution in [0.5, 0.6) is 0 Å². The fraction of sp³-hybridized carbons (Fsp3) is 0.263. The summed E-state index contributed by atoms with van der Waals surface area (Å²) in [5.74, 6) is 0.661. The van der Waals surface area contributed by atoms with Gasteiger partial charge < -0.3 is 4.90 Å². The molecular formula is C19H21N7. The summed E-state index contributed by atoms with van der Waals surface area (Å²) in [5, 5.41) is 18.8. The third-order valence-corrected chi connectivity index (χ3v) is 4.58. The van der Waals surface area contributed by atoms with Crippen molar-refractivity contribution in [2.24, 2.45) is 7.05 Å². The Labute approximate surface area is 151 Å². The topological polar surface area (TPSA) is 64.1 Å². The third-order valence-electron chi connectivity index (χ3n) is 4.58. The number of nitrogens with zero attached hydrogens (tertiary/aromatic N) is 7.